The summed E-state index contributed by atoms with van der Waals surface area (Å²) in [5, 5.41) is 1.19. The zero-order valence-corrected chi connectivity index (χ0v) is 18.9. The number of alkyl halides is 3. The summed E-state index contributed by atoms with van der Waals surface area (Å²) in [6, 6.07) is 8.89. The zero-order valence-electron chi connectivity index (χ0n) is 17.3. The van der Waals surface area contributed by atoms with E-state index >= 15 is 0 Å². The van der Waals surface area contributed by atoms with E-state index in [1.807, 2.05) is 0 Å². The van der Waals surface area contributed by atoms with Gasteiger partial charge in [0.1, 0.15) is 17.7 Å². The van der Waals surface area contributed by atoms with Crippen LogP contribution in [-0.2, 0) is 26.2 Å². The molecule has 1 atom stereocenters. The summed E-state index contributed by atoms with van der Waals surface area (Å²) in [7, 11) is -4.47. The van der Waals surface area contributed by atoms with Gasteiger partial charge in [0, 0.05) is 18.0 Å². The fourth-order valence-electron chi connectivity index (χ4n) is 3.18. The summed E-state index contributed by atoms with van der Waals surface area (Å²) < 4.78 is 79.5. The number of amides is 1. The van der Waals surface area contributed by atoms with Crippen LogP contribution in [0.25, 0.3) is 0 Å². The second-order valence-electron chi connectivity index (χ2n) is 7.20. The number of primary amides is 1. The molecule has 0 aliphatic carbocycles. The van der Waals surface area contributed by atoms with Crippen LogP contribution >= 0.6 is 11.6 Å². The summed E-state index contributed by atoms with van der Waals surface area (Å²) in [6.45, 7) is -0.470. The first kappa shape index (κ1) is 25.7. The number of anilines is 1. The summed E-state index contributed by atoms with van der Waals surface area (Å²) in [4.78, 5) is 16.3. The molecule has 0 unspecified atom stereocenters. The Kier molecular flexibility index (Phi) is 7.70. The molecular formula is C20H19ClF4N4O4S. The number of benzene rings is 2. The number of hydrogen-bond acceptors (Lipinski definition) is 6. The van der Waals surface area contributed by atoms with Crippen molar-refractivity contribution in [3.63, 3.8) is 0 Å². The monoisotopic (exact) mass is 522 g/mol. The normalized spacial score (nSPS) is 15.5. The van der Waals surface area contributed by atoms with Crippen molar-refractivity contribution in [1.29, 1.82) is 0 Å². The third-order valence-corrected chi connectivity index (χ3v) is 6.98. The second-order valence-corrected chi connectivity index (χ2v) is 9.53. The van der Waals surface area contributed by atoms with Gasteiger partial charge in [0.05, 0.1) is 16.8 Å². The number of nitrogens with zero attached hydrogens (tertiary/aromatic N) is 3. The lowest BCUT2D eigenvalue weighted by molar-refractivity contribution is -0.229. The van der Waals surface area contributed by atoms with Crippen LogP contribution in [0.2, 0.25) is 5.02 Å². The first-order valence-electron chi connectivity index (χ1n) is 9.69. The van der Waals surface area contributed by atoms with E-state index < -0.39 is 47.5 Å². The molecule has 0 saturated heterocycles. The van der Waals surface area contributed by atoms with Gasteiger partial charge >= 0.3 is 6.18 Å². The number of carbonyl (C=O) groups is 1. The van der Waals surface area contributed by atoms with Crippen LogP contribution in [-0.4, -0.2) is 36.2 Å². The van der Waals surface area contributed by atoms with E-state index in [-0.39, 0.29) is 15.3 Å². The molecular weight excluding hydrogens is 504 g/mol. The predicted molar refractivity (Wildman–Crippen MR) is 115 cm³/mol. The fourth-order valence-corrected chi connectivity index (χ4v) is 4.92. The van der Waals surface area contributed by atoms with Gasteiger partial charge in [-0.15, -0.1) is 0 Å². The summed E-state index contributed by atoms with van der Waals surface area (Å²) in [6.07, 6.45) is -4.54. The van der Waals surface area contributed by atoms with Crippen LogP contribution in [0.15, 0.2) is 65.9 Å². The maximum Gasteiger partial charge on any atom is 0.389 e. The van der Waals surface area contributed by atoms with Gasteiger partial charge in [-0.3, -0.25) is 4.79 Å². The summed E-state index contributed by atoms with van der Waals surface area (Å²) in [5.41, 5.74) is 5.96. The number of sulfonamides is 1. The molecule has 0 fully saturated rings. The second kappa shape index (κ2) is 10.2. The molecule has 0 bridgehead atoms. The minimum absolute atomic E-state index is 0.0490. The molecule has 14 heteroatoms. The molecule has 2 aromatic carbocycles. The van der Waals surface area contributed by atoms with E-state index in [0.29, 0.717) is 15.6 Å². The van der Waals surface area contributed by atoms with Crippen LogP contribution in [0, 0.1) is 0 Å². The minimum Gasteiger partial charge on any atom is -0.368 e. The number of hydrazine groups is 1. The van der Waals surface area contributed by atoms with Crippen molar-refractivity contribution in [3.8, 4) is 0 Å². The molecule has 0 spiro atoms. The first-order valence-corrected chi connectivity index (χ1v) is 11.5. The van der Waals surface area contributed by atoms with E-state index in [2.05, 4.69) is 4.84 Å². The van der Waals surface area contributed by atoms with Crippen LogP contribution < -0.4 is 10.7 Å². The Bertz CT molecular complexity index is 1140. The standard InChI is InChI=1S/C20H19ClF4N4O4S/c21-15-3-7-17(8-4-15)34(31,32)28(18(19(26)30)9-10-20(22,23)24)13-14-1-5-16(6-2-14)27-11-12-33-29(27)25/h1-8,11-12,18H,9-10,13H2,(H2,26,30)/t18-/m1/s1. The highest BCUT2D eigenvalue weighted by Gasteiger charge is 2.38. The van der Waals surface area contributed by atoms with Crippen LogP contribution in [0.4, 0.5) is 23.3 Å². The molecule has 1 heterocycles. The fraction of sp³-hybridized carbons (Fsp3) is 0.250. The van der Waals surface area contributed by atoms with Gasteiger partial charge < -0.3 is 10.6 Å². The lowest BCUT2D eigenvalue weighted by Gasteiger charge is -2.29. The molecule has 34 heavy (non-hydrogen) atoms. The number of carbonyl (C=O) groups excluding carboxylic acids is 1. The molecule has 2 aromatic rings. The van der Waals surface area contributed by atoms with E-state index in [0.717, 1.165) is 11.3 Å². The molecule has 1 aliphatic heterocycles. The van der Waals surface area contributed by atoms with E-state index in [4.69, 9.17) is 17.3 Å². The van der Waals surface area contributed by atoms with Crippen molar-refractivity contribution < 1.29 is 35.7 Å². The Labute approximate surface area is 197 Å². The highest BCUT2D eigenvalue weighted by Crippen LogP contribution is 2.29. The molecule has 184 valence electrons. The Morgan fingerprint density at radius 1 is 1.12 bits per heavy atom. The van der Waals surface area contributed by atoms with Gasteiger partial charge in [0.15, 0.2) is 0 Å². The smallest absolute Gasteiger partial charge is 0.368 e. The van der Waals surface area contributed by atoms with Gasteiger partial charge in [0.2, 0.25) is 15.9 Å². The van der Waals surface area contributed by atoms with Crippen molar-refractivity contribution in [2.45, 2.75) is 36.5 Å². The van der Waals surface area contributed by atoms with E-state index in [9.17, 15) is 30.9 Å². The average molecular weight is 523 g/mol. The Balaban J connectivity index is 1.96. The lowest BCUT2D eigenvalue weighted by Crippen LogP contribution is -2.47. The zero-order chi connectivity index (χ0) is 25.1. The van der Waals surface area contributed by atoms with Crippen LogP contribution in [0.1, 0.15) is 18.4 Å². The van der Waals surface area contributed by atoms with Crippen molar-refractivity contribution >= 4 is 33.2 Å². The van der Waals surface area contributed by atoms with Gasteiger partial charge in [-0.2, -0.15) is 17.5 Å². The number of hydrogen-bond donors (Lipinski definition) is 1. The predicted octanol–water partition coefficient (Wildman–Crippen LogP) is 4.05. The van der Waals surface area contributed by atoms with E-state index in [1.54, 1.807) is 0 Å². The highest BCUT2D eigenvalue weighted by atomic mass is 35.5. The summed E-state index contributed by atoms with van der Waals surface area (Å²) in [5.74, 6) is -1.23. The third kappa shape index (κ3) is 6.17. The minimum atomic E-state index is -4.63. The third-order valence-electron chi connectivity index (χ3n) is 4.86. The van der Waals surface area contributed by atoms with Crippen molar-refractivity contribution in [2.75, 3.05) is 5.01 Å². The largest absolute Gasteiger partial charge is 0.389 e. The van der Waals surface area contributed by atoms with Crippen molar-refractivity contribution in [1.82, 2.24) is 9.70 Å². The maximum absolute atomic E-state index is 13.6. The van der Waals surface area contributed by atoms with Gasteiger partial charge in [-0.1, -0.05) is 28.2 Å². The summed E-state index contributed by atoms with van der Waals surface area (Å²) >= 11 is 5.81. The quantitative estimate of drug-likeness (QED) is 0.394. The number of nitrogens with two attached hydrogens (primary N) is 1. The lowest BCUT2D eigenvalue weighted by atomic mass is 10.1. The Morgan fingerprint density at radius 2 is 1.74 bits per heavy atom. The molecule has 3 rings (SSSR count). The molecule has 1 aliphatic rings. The first-order chi connectivity index (χ1) is 15.9. The van der Waals surface area contributed by atoms with Crippen molar-refractivity contribution in [3.05, 3.63) is 71.6 Å². The maximum atomic E-state index is 13.6. The van der Waals surface area contributed by atoms with Gasteiger partial charge in [0.25, 0.3) is 0 Å². The molecule has 1 amide bonds. The molecule has 8 nitrogen and oxygen atoms in total. The van der Waals surface area contributed by atoms with Gasteiger partial charge in [-0.25, -0.2) is 13.4 Å². The van der Waals surface area contributed by atoms with Crippen LogP contribution in [0.3, 0.4) is 0 Å². The van der Waals surface area contributed by atoms with E-state index in [1.165, 1.54) is 54.7 Å². The van der Waals surface area contributed by atoms with Crippen molar-refractivity contribution in [2.24, 2.45) is 5.73 Å². The molecule has 0 aromatic heterocycles. The SMILES string of the molecule is NC(=O)[C@@H](CCC(F)(F)F)N(Cc1ccc(N2C=CON2F)cc1)S(=O)(=O)c1ccc(Cl)cc1. The highest BCUT2D eigenvalue weighted by molar-refractivity contribution is 7.89. The molecule has 2 N–H and O–H groups in total. The van der Waals surface area contributed by atoms with Crippen LogP contribution in [0.5, 0.6) is 0 Å². The topological polar surface area (TPSA) is 96.2 Å². The Morgan fingerprint density at radius 3 is 2.24 bits per heavy atom. The molecule has 0 saturated carbocycles. The average Bonchev–Trinajstić information content (AvgIpc) is 3.18. The Hall–Kier alpha value is -2.87. The van der Waals surface area contributed by atoms with Gasteiger partial charge in [-0.05, 0) is 48.4 Å². The number of rotatable bonds is 9. The molecule has 0 radical (unpaired) electrons. The number of halogens is 5.